The van der Waals surface area contributed by atoms with Crippen molar-refractivity contribution in [3.05, 3.63) is 53.6 Å². The molecule has 0 spiro atoms. The van der Waals surface area contributed by atoms with Crippen LogP contribution < -0.4 is 20.1 Å². The second kappa shape index (κ2) is 9.17. The predicted molar refractivity (Wildman–Crippen MR) is 98.2 cm³/mol. The largest absolute Gasteiger partial charge is 0.490 e. The van der Waals surface area contributed by atoms with Crippen molar-refractivity contribution in [1.82, 2.24) is 5.32 Å². The topological polar surface area (TPSA) is 42.5 Å². The molecule has 0 saturated carbocycles. The summed E-state index contributed by atoms with van der Waals surface area (Å²) in [5.41, 5.74) is 0.617. The molecule has 0 aliphatic rings. The molecule has 134 valence electrons. The van der Waals surface area contributed by atoms with Gasteiger partial charge in [-0.2, -0.15) is 0 Å². The fraction of sp³-hybridized carbons (Fsp3) is 0.278. The molecule has 7 heteroatoms. The third-order valence-electron chi connectivity index (χ3n) is 3.26. The standard InChI is InChI=1S/C18H20F2N2O2S/c1-3-23-15-9-8-12(10-16(15)24-4-2)11-21-18(25)22-17-13(19)6-5-7-14(17)20/h5-10H,3-4,11H2,1-2H3,(H2,21,22,25). The minimum Gasteiger partial charge on any atom is -0.490 e. The van der Waals surface area contributed by atoms with Gasteiger partial charge in [0, 0.05) is 6.54 Å². The second-order valence-corrected chi connectivity index (χ2v) is 5.46. The molecule has 0 radical (unpaired) electrons. The Hall–Kier alpha value is -2.41. The summed E-state index contributed by atoms with van der Waals surface area (Å²) in [6.07, 6.45) is 0. The van der Waals surface area contributed by atoms with Gasteiger partial charge >= 0.3 is 0 Å². The molecule has 0 aliphatic heterocycles. The van der Waals surface area contributed by atoms with Gasteiger partial charge in [-0.25, -0.2) is 8.78 Å². The van der Waals surface area contributed by atoms with Crippen molar-refractivity contribution in [2.24, 2.45) is 0 Å². The minimum atomic E-state index is -0.705. The number of nitrogens with one attached hydrogen (secondary N) is 2. The van der Waals surface area contributed by atoms with Gasteiger partial charge in [0.15, 0.2) is 16.6 Å². The second-order valence-electron chi connectivity index (χ2n) is 5.05. The molecule has 2 rings (SSSR count). The van der Waals surface area contributed by atoms with Crippen molar-refractivity contribution in [3.8, 4) is 11.5 Å². The summed E-state index contributed by atoms with van der Waals surface area (Å²) < 4.78 is 38.3. The van der Waals surface area contributed by atoms with Crippen LogP contribution in [0.25, 0.3) is 0 Å². The van der Waals surface area contributed by atoms with Crippen molar-refractivity contribution >= 4 is 23.0 Å². The average Bonchev–Trinajstić information content (AvgIpc) is 2.59. The molecule has 4 nitrogen and oxygen atoms in total. The molecular formula is C18H20F2N2O2S. The summed E-state index contributed by atoms with van der Waals surface area (Å²) in [4.78, 5) is 0. The van der Waals surface area contributed by atoms with Gasteiger partial charge in [0.05, 0.1) is 13.2 Å². The molecule has 0 aliphatic carbocycles. The Morgan fingerprint density at radius 3 is 2.28 bits per heavy atom. The van der Waals surface area contributed by atoms with Crippen LogP contribution in [-0.2, 0) is 6.54 Å². The number of hydrogen-bond donors (Lipinski definition) is 2. The number of thiocarbonyl (C=S) groups is 1. The predicted octanol–water partition coefficient (Wildman–Crippen LogP) is 4.25. The van der Waals surface area contributed by atoms with Crippen LogP contribution in [0.15, 0.2) is 36.4 Å². The van der Waals surface area contributed by atoms with Gasteiger partial charge in [0.2, 0.25) is 0 Å². The molecule has 0 amide bonds. The number of ether oxygens (including phenoxy) is 2. The van der Waals surface area contributed by atoms with Crippen molar-refractivity contribution in [3.63, 3.8) is 0 Å². The first kappa shape index (κ1) is 18.9. The highest BCUT2D eigenvalue weighted by Gasteiger charge is 2.10. The lowest BCUT2D eigenvalue weighted by Gasteiger charge is -2.14. The van der Waals surface area contributed by atoms with E-state index in [0.717, 1.165) is 17.7 Å². The molecule has 0 heterocycles. The Morgan fingerprint density at radius 1 is 1.00 bits per heavy atom. The normalized spacial score (nSPS) is 10.2. The number of halogens is 2. The number of benzene rings is 2. The lowest BCUT2D eigenvalue weighted by molar-refractivity contribution is 0.287. The summed E-state index contributed by atoms with van der Waals surface area (Å²) in [5.74, 6) is -0.0994. The summed E-state index contributed by atoms with van der Waals surface area (Å²) in [6, 6.07) is 9.14. The Labute approximate surface area is 151 Å². The van der Waals surface area contributed by atoms with Gasteiger partial charge in [0.1, 0.15) is 17.3 Å². The average molecular weight is 366 g/mol. The van der Waals surface area contributed by atoms with E-state index in [4.69, 9.17) is 21.7 Å². The first-order valence-electron chi connectivity index (χ1n) is 7.92. The van der Waals surface area contributed by atoms with Gasteiger partial charge in [-0.15, -0.1) is 0 Å². The van der Waals surface area contributed by atoms with E-state index in [1.165, 1.54) is 6.07 Å². The Kier molecular flexibility index (Phi) is 6.94. The molecule has 0 bridgehead atoms. The number of rotatable bonds is 7. The Morgan fingerprint density at radius 2 is 1.64 bits per heavy atom. The SMILES string of the molecule is CCOc1ccc(CNC(=S)Nc2c(F)cccc2F)cc1OCC. The maximum Gasteiger partial charge on any atom is 0.171 e. The third kappa shape index (κ3) is 5.29. The quantitative estimate of drug-likeness (QED) is 0.717. The number of hydrogen-bond acceptors (Lipinski definition) is 3. The molecule has 2 N–H and O–H groups in total. The molecule has 0 fully saturated rings. The molecule has 25 heavy (non-hydrogen) atoms. The summed E-state index contributed by atoms with van der Waals surface area (Å²) in [5, 5.41) is 5.57. The monoisotopic (exact) mass is 366 g/mol. The van der Waals surface area contributed by atoms with E-state index in [2.05, 4.69) is 10.6 Å². The van der Waals surface area contributed by atoms with Crippen LogP contribution in [0.1, 0.15) is 19.4 Å². The smallest absolute Gasteiger partial charge is 0.171 e. The molecule has 2 aromatic rings. The van der Waals surface area contributed by atoms with Crippen LogP contribution in [-0.4, -0.2) is 18.3 Å². The number of anilines is 1. The zero-order valence-corrected chi connectivity index (χ0v) is 14.9. The first-order valence-corrected chi connectivity index (χ1v) is 8.33. The van der Waals surface area contributed by atoms with E-state index >= 15 is 0 Å². The molecule has 0 atom stereocenters. The first-order chi connectivity index (χ1) is 12.0. The molecule has 2 aromatic carbocycles. The van der Waals surface area contributed by atoms with E-state index in [-0.39, 0.29) is 10.8 Å². The van der Waals surface area contributed by atoms with Crippen molar-refractivity contribution in [2.75, 3.05) is 18.5 Å². The van der Waals surface area contributed by atoms with Gasteiger partial charge in [-0.05, 0) is 55.9 Å². The van der Waals surface area contributed by atoms with Crippen LogP contribution in [0.2, 0.25) is 0 Å². The van der Waals surface area contributed by atoms with Gasteiger partial charge in [-0.3, -0.25) is 0 Å². The summed E-state index contributed by atoms with van der Waals surface area (Å²) in [6.45, 7) is 5.22. The van der Waals surface area contributed by atoms with Crippen molar-refractivity contribution in [2.45, 2.75) is 20.4 Å². The Bertz CT molecular complexity index is 721. The zero-order valence-electron chi connectivity index (χ0n) is 14.1. The number of para-hydroxylation sites is 1. The fourth-order valence-corrected chi connectivity index (χ4v) is 2.34. The van der Waals surface area contributed by atoms with Crippen molar-refractivity contribution < 1.29 is 18.3 Å². The van der Waals surface area contributed by atoms with E-state index in [0.29, 0.717) is 31.3 Å². The van der Waals surface area contributed by atoms with E-state index < -0.39 is 11.6 Å². The fourth-order valence-electron chi connectivity index (χ4n) is 2.16. The highest BCUT2D eigenvalue weighted by Crippen LogP contribution is 2.28. The maximum atomic E-state index is 13.6. The van der Waals surface area contributed by atoms with E-state index in [9.17, 15) is 8.78 Å². The molecule has 0 unspecified atom stereocenters. The highest BCUT2D eigenvalue weighted by atomic mass is 32.1. The van der Waals surface area contributed by atoms with Crippen LogP contribution in [0.3, 0.4) is 0 Å². The van der Waals surface area contributed by atoms with E-state index in [1.807, 2.05) is 32.0 Å². The van der Waals surface area contributed by atoms with Crippen LogP contribution in [0.5, 0.6) is 11.5 Å². The van der Waals surface area contributed by atoms with Gasteiger partial charge in [0.25, 0.3) is 0 Å². The van der Waals surface area contributed by atoms with Crippen LogP contribution in [0.4, 0.5) is 14.5 Å². The van der Waals surface area contributed by atoms with Gasteiger partial charge < -0.3 is 20.1 Å². The van der Waals surface area contributed by atoms with Crippen LogP contribution in [0, 0.1) is 11.6 Å². The van der Waals surface area contributed by atoms with Gasteiger partial charge in [-0.1, -0.05) is 12.1 Å². The third-order valence-corrected chi connectivity index (χ3v) is 3.51. The minimum absolute atomic E-state index is 0.121. The Balaban J connectivity index is 2.00. The lowest BCUT2D eigenvalue weighted by Crippen LogP contribution is -2.28. The maximum absolute atomic E-state index is 13.6. The molecule has 0 saturated heterocycles. The highest BCUT2D eigenvalue weighted by molar-refractivity contribution is 7.80. The molecular weight excluding hydrogens is 346 g/mol. The lowest BCUT2D eigenvalue weighted by atomic mass is 10.2. The molecule has 0 aromatic heterocycles. The summed E-state index contributed by atoms with van der Waals surface area (Å²) in [7, 11) is 0. The van der Waals surface area contributed by atoms with Crippen molar-refractivity contribution in [1.29, 1.82) is 0 Å². The van der Waals surface area contributed by atoms with E-state index in [1.54, 1.807) is 0 Å². The zero-order chi connectivity index (χ0) is 18.2. The van der Waals surface area contributed by atoms with Crippen LogP contribution >= 0.6 is 12.2 Å². The summed E-state index contributed by atoms with van der Waals surface area (Å²) >= 11 is 5.09.